The van der Waals surface area contributed by atoms with Gasteiger partial charge in [-0.05, 0) is 113 Å². The number of amides is 2. The van der Waals surface area contributed by atoms with Crippen LogP contribution in [0.1, 0.15) is 38.2 Å². The third-order valence-corrected chi connectivity index (χ3v) is 11.3. The molecule has 9 aromatic rings. The third-order valence-electron chi connectivity index (χ3n) is 11.3. The Bertz CT molecular complexity index is 3250. The summed E-state index contributed by atoms with van der Waals surface area (Å²) >= 11 is 0. The predicted octanol–water partition coefficient (Wildman–Crippen LogP) is 12.1. The number of nitriles is 4. The number of aromatic nitrogens is 1. The van der Waals surface area contributed by atoms with Gasteiger partial charge in [0, 0.05) is 21.9 Å². The average molecular weight is 809 g/mol. The minimum absolute atomic E-state index is 0.319. The zero-order chi connectivity index (χ0) is 43.6. The number of para-hydroxylation sites is 1. The first-order valence-corrected chi connectivity index (χ1v) is 20.0. The van der Waals surface area contributed by atoms with E-state index in [1.165, 1.54) is 4.90 Å². The van der Waals surface area contributed by atoms with Gasteiger partial charge in [-0.1, -0.05) is 103 Å². The molecular formula is C55H32N6O2. The molecule has 0 fully saturated rings. The van der Waals surface area contributed by atoms with E-state index in [1.54, 1.807) is 36.4 Å². The number of aryl methyl sites for hydroxylation is 1. The Morgan fingerprint density at radius 1 is 0.492 bits per heavy atom. The van der Waals surface area contributed by atoms with E-state index in [0.717, 1.165) is 44.1 Å². The van der Waals surface area contributed by atoms with Crippen LogP contribution in [0.5, 0.6) is 0 Å². The van der Waals surface area contributed by atoms with Crippen molar-refractivity contribution in [2.45, 2.75) is 6.92 Å². The summed E-state index contributed by atoms with van der Waals surface area (Å²) < 4.78 is 2.02. The number of imide groups is 1. The lowest BCUT2D eigenvalue weighted by molar-refractivity contribution is -0.106. The quantitative estimate of drug-likeness (QED) is 0.140. The van der Waals surface area contributed by atoms with E-state index in [9.17, 15) is 25.8 Å². The fraction of sp³-hybridized carbons (Fsp3) is 0.0182. The Balaban J connectivity index is 1.30. The van der Waals surface area contributed by atoms with Gasteiger partial charge >= 0.3 is 0 Å². The van der Waals surface area contributed by atoms with Gasteiger partial charge < -0.3 is 4.57 Å². The standard InChI is InChI=1S/C55H32N6O2/c1-35-10-8-17-52(53(35)55(63)60(34-62)54-46(40-11-4-2-5-12-40)15-9-16-47(54)41-13-6-3-7-14-41)61-50-20-18-42(44-24-36(30-56)22-37(25-44)31-57)28-48(50)49-29-43(19-21-51(49)61)45-26-38(32-58)23-39(27-45)33-59/h2-29,34H,1H3. The minimum Gasteiger partial charge on any atom is -0.308 e. The molecule has 9 rings (SSSR count). The number of hydrogen-bond donors (Lipinski definition) is 0. The third kappa shape index (κ3) is 7.03. The van der Waals surface area contributed by atoms with Crippen molar-refractivity contribution in [3.63, 3.8) is 0 Å². The van der Waals surface area contributed by atoms with Crippen molar-refractivity contribution in [1.82, 2.24) is 4.57 Å². The van der Waals surface area contributed by atoms with E-state index in [0.29, 0.717) is 73.4 Å². The molecule has 0 saturated heterocycles. The number of fused-ring (bicyclic) bond motifs is 3. The van der Waals surface area contributed by atoms with Crippen LogP contribution in [0.15, 0.2) is 170 Å². The first-order valence-electron chi connectivity index (χ1n) is 20.0. The first-order chi connectivity index (χ1) is 30.8. The maximum atomic E-state index is 15.4. The molecule has 0 bridgehead atoms. The van der Waals surface area contributed by atoms with Crippen LogP contribution in [0.2, 0.25) is 0 Å². The highest BCUT2D eigenvalue weighted by Gasteiger charge is 2.29. The molecule has 8 heteroatoms. The fourth-order valence-electron chi connectivity index (χ4n) is 8.43. The van der Waals surface area contributed by atoms with Crippen LogP contribution in [0, 0.1) is 52.2 Å². The molecule has 63 heavy (non-hydrogen) atoms. The zero-order valence-electron chi connectivity index (χ0n) is 33.7. The normalized spacial score (nSPS) is 10.7. The Kier molecular flexibility index (Phi) is 10.2. The molecule has 8 aromatic carbocycles. The van der Waals surface area contributed by atoms with E-state index in [1.807, 2.05) is 145 Å². The largest absolute Gasteiger partial charge is 0.308 e. The van der Waals surface area contributed by atoms with Gasteiger partial charge in [0.1, 0.15) is 0 Å². The van der Waals surface area contributed by atoms with Crippen LogP contribution < -0.4 is 4.90 Å². The summed E-state index contributed by atoms with van der Waals surface area (Å²) in [6, 6.07) is 61.2. The second-order valence-electron chi connectivity index (χ2n) is 15.0. The van der Waals surface area contributed by atoms with Crippen LogP contribution in [-0.4, -0.2) is 16.9 Å². The summed E-state index contributed by atoms with van der Waals surface area (Å²) in [6.45, 7) is 1.86. The Morgan fingerprint density at radius 2 is 0.937 bits per heavy atom. The second-order valence-corrected chi connectivity index (χ2v) is 15.0. The highest BCUT2D eigenvalue weighted by atomic mass is 16.2. The van der Waals surface area contributed by atoms with Crippen molar-refractivity contribution >= 4 is 39.8 Å². The molecule has 2 amide bonds. The summed E-state index contributed by atoms with van der Waals surface area (Å²) in [5, 5.41) is 40.8. The lowest BCUT2D eigenvalue weighted by Crippen LogP contribution is -2.32. The van der Waals surface area contributed by atoms with Crippen molar-refractivity contribution in [3.05, 3.63) is 203 Å². The van der Waals surface area contributed by atoms with Crippen LogP contribution in [0.25, 0.3) is 72.0 Å². The van der Waals surface area contributed by atoms with Gasteiger partial charge in [0.2, 0.25) is 6.41 Å². The summed E-state index contributed by atoms with van der Waals surface area (Å²) in [5.74, 6) is -0.517. The maximum absolute atomic E-state index is 15.4. The number of rotatable bonds is 8. The van der Waals surface area contributed by atoms with Crippen molar-refractivity contribution in [1.29, 1.82) is 21.0 Å². The average Bonchev–Trinajstić information content (AvgIpc) is 3.67. The summed E-state index contributed by atoms with van der Waals surface area (Å²) in [6.07, 6.45) is 0.590. The number of carbonyl (C=O) groups excluding carboxylic acids is 2. The fourth-order valence-corrected chi connectivity index (χ4v) is 8.43. The molecular weight excluding hydrogens is 777 g/mol. The van der Waals surface area contributed by atoms with Crippen LogP contribution >= 0.6 is 0 Å². The van der Waals surface area contributed by atoms with Crippen LogP contribution in [0.3, 0.4) is 0 Å². The molecule has 0 aliphatic carbocycles. The topological polar surface area (TPSA) is 137 Å². The highest BCUT2D eigenvalue weighted by molar-refractivity contribution is 6.22. The van der Waals surface area contributed by atoms with Crippen molar-refractivity contribution in [2.75, 3.05) is 4.90 Å². The van der Waals surface area contributed by atoms with Gasteiger partial charge in [0.05, 0.1) is 74.5 Å². The van der Waals surface area contributed by atoms with E-state index in [-0.39, 0.29) is 0 Å². The predicted molar refractivity (Wildman–Crippen MR) is 245 cm³/mol. The van der Waals surface area contributed by atoms with Gasteiger partial charge in [-0.25, -0.2) is 4.90 Å². The van der Waals surface area contributed by atoms with Crippen LogP contribution in [0.4, 0.5) is 5.69 Å². The molecule has 0 aliphatic heterocycles. The molecule has 294 valence electrons. The van der Waals surface area contributed by atoms with E-state index in [2.05, 4.69) is 24.3 Å². The molecule has 0 spiro atoms. The molecule has 1 heterocycles. The Morgan fingerprint density at radius 3 is 1.37 bits per heavy atom. The molecule has 1 aromatic heterocycles. The summed E-state index contributed by atoms with van der Waals surface area (Å²) in [5.41, 5.74) is 10.9. The van der Waals surface area contributed by atoms with Gasteiger partial charge in [0.15, 0.2) is 0 Å². The minimum atomic E-state index is -0.517. The van der Waals surface area contributed by atoms with Gasteiger partial charge in [-0.3, -0.25) is 9.59 Å². The van der Waals surface area contributed by atoms with Crippen molar-refractivity contribution in [3.8, 4) is 74.5 Å². The molecule has 0 saturated carbocycles. The number of benzene rings is 8. The first kappa shape index (κ1) is 39.1. The molecule has 0 unspecified atom stereocenters. The van der Waals surface area contributed by atoms with Crippen LogP contribution in [-0.2, 0) is 4.79 Å². The number of hydrogen-bond acceptors (Lipinski definition) is 6. The molecule has 0 radical (unpaired) electrons. The molecule has 0 atom stereocenters. The van der Waals surface area contributed by atoms with Gasteiger partial charge in [-0.15, -0.1) is 0 Å². The number of anilines is 1. The number of carbonyl (C=O) groups is 2. The molecule has 0 N–H and O–H groups in total. The van der Waals surface area contributed by atoms with Gasteiger partial charge in [0.25, 0.3) is 5.91 Å². The number of nitrogens with zero attached hydrogens (tertiary/aromatic N) is 6. The lowest BCUT2D eigenvalue weighted by atomic mass is 9.94. The smallest absolute Gasteiger partial charge is 0.267 e. The summed E-state index contributed by atoms with van der Waals surface area (Å²) in [7, 11) is 0. The SMILES string of the molecule is Cc1cccc(-n2c3ccc(-c4cc(C#N)cc(C#N)c4)cc3c3cc(-c4cc(C#N)cc(C#N)c4)ccc32)c1C(=O)N(C=O)c1c(-c2ccccc2)cccc1-c1ccccc1. The Hall–Kier alpha value is -9.34. The maximum Gasteiger partial charge on any atom is 0.267 e. The van der Waals surface area contributed by atoms with Crippen molar-refractivity contribution in [2.24, 2.45) is 0 Å². The lowest BCUT2D eigenvalue weighted by Gasteiger charge is -2.25. The second kappa shape index (κ2) is 16.4. The summed E-state index contributed by atoms with van der Waals surface area (Å²) in [4.78, 5) is 30.2. The monoisotopic (exact) mass is 808 g/mol. The van der Waals surface area contributed by atoms with E-state index < -0.39 is 5.91 Å². The van der Waals surface area contributed by atoms with Gasteiger partial charge in [-0.2, -0.15) is 21.0 Å². The van der Waals surface area contributed by atoms with Crippen molar-refractivity contribution < 1.29 is 9.59 Å². The zero-order valence-corrected chi connectivity index (χ0v) is 33.7. The van der Waals surface area contributed by atoms with E-state index >= 15 is 4.79 Å². The highest BCUT2D eigenvalue weighted by Crippen LogP contribution is 2.42. The molecule has 8 nitrogen and oxygen atoms in total. The molecule has 0 aliphatic rings. The Labute approximate surface area is 363 Å². The van der Waals surface area contributed by atoms with E-state index in [4.69, 9.17) is 0 Å².